The van der Waals surface area contributed by atoms with Gasteiger partial charge in [-0.05, 0) is 25.7 Å². The summed E-state index contributed by atoms with van der Waals surface area (Å²) in [5.41, 5.74) is 26.3. The van der Waals surface area contributed by atoms with E-state index in [4.69, 9.17) is 33.8 Å². The zero-order valence-corrected chi connectivity index (χ0v) is 19.1. The second-order valence-electron chi connectivity index (χ2n) is 7.34. The number of carbonyl (C=O) groups is 5. The highest BCUT2D eigenvalue weighted by atomic mass is 16.4. The molecule has 0 saturated heterocycles. The van der Waals surface area contributed by atoms with E-state index < -0.39 is 60.8 Å². The molecular weight excluding hydrogens is 468 g/mol. The third kappa shape index (κ3) is 15.3. The van der Waals surface area contributed by atoms with Crippen molar-refractivity contribution in [3.63, 3.8) is 0 Å². The number of hydrogen-bond donors (Lipinski definition) is 10. The molecule has 0 spiro atoms. The standard InChI is InChI=1S/C18H34N10O7/c19-9(7-13(30)31)14(32)26-8-12(29)27-10(3-1-5-24-17(20)21)15(33)28-11(16(34)35)4-2-6-25-18(22)23/h9-11H,1-8,19H2,(H,26,32)(H,27,29)(H,28,33)(H,30,31)(H,34,35)(H4,20,21,24)(H4,22,23,25). The van der Waals surface area contributed by atoms with E-state index in [1.54, 1.807) is 0 Å². The molecule has 0 aliphatic carbocycles. The van der Waals surface area contributed by atoms with Crippen LogP contribution in [0, 0.1) is 0 Å². The van der Waals surface area contributed by atoms with Gasteiger partial charge in [0.2, 0.25) is 17.7 Å². The zero-order chi connectivity index (χ0) is 27.0. The molecule has 0 rings (SSSR count). The van der Waals surface area contributed by atoms with Crippen molar-refractivity contribution >= 4 is 41.6 Å². The Hall–Kier alpha value is -4.15. The fourth-order valence-electron chi connectivity index (χ4n) is 2.63. The summed E-state index contributed by atoms with van der Waals surface area (Å²) in [5.74, 6) is -5.35. The molecule has 0 aromatic rings. The van der Waals surface area contributed by atoms with Crippen LogP contribution in [0.3, 0.4) is 0 Å². The van der Waals surface area contributed by atoms with Gasteiger partial charge in [0.15, 0.2) is 11.9 Å². The van der Waals surface area contributed by atoms with E-state index in [-0.39, 0.29) is 50.7 Å². The van der Waals surface area contributed by atoms with Gasteiger partial charge in [0.25, 0.3) is 0 Å². The van der Waals surface area contributed by atoms with Crippen LogP contribution in [0.4, 0.5) is 0 Å². The minimum Gasteiger partial charge on any atom is -0.481 e. The van der Waals surface area contributed by atoms with Crippen molar-refractivity contribution in [1.82, 2.24) is 16.0 Å². The Kier molecular flexibility index (Phi) is 14.5. The summed E-state index contributed by atoms with van der Waals surface area (Å²) in [7, 11) is 0. The van der Waals surface area contributed by atoms with Gasteiger partial charge >= 0.3 is 11.9 Å². The van der Waals surface area contributed by atoms with E-state index >= 15 is 0 Å². The Morgan fingerprint density at radius 3 is 1.74 bits per heavy atom. The Balaban J connectivity index is 5.11. The van der Waals surface area contributed by atoms with Crippen LogP contribution in [-0.4, -0.2) is 89.6 Å². The number of hydrogen-bond acceptors (Lipinski definition) is 8. The second-order valence-corrected chi connectivity index (χ2v) is 7.34. The van der Waals surface area contributed by atoms with Crippen LogP contribution in [0.15, 0.2) is 9.98 Å². The van der Waals surface area contributed by atoms with E-state index in [0.717, 1.165) is 0 Å². The van der Waals surface area contributed by atoms with Crippen LogP contribution in [0.5, 0.6) is 0 Å². The van der Waals surface area contributed by atoms with E-state index in [9.17, 15) is 29.1 Å². The van der Waals surface area contributed by atoms with Crippen LogP contribution in [0.25, 0.3) is 0 Å². The van der Waals surface area contributed by atoms with Gasteiger partial charge < -0.3 is 54.8 Å². The van der Waals surface area contributed by atoms with Gasteiger partial charge in [-0.1, -0.05) is 0 Å². The molecule has 0 aliphatic rings. The number of nitrogens with two attached hydrogens (primary N) is 5. The van der Waals surface area contributed by atoms with Crippen molar-refractivity contribution in [3.05, 3.63) is 0 Å². The van der Waals surface area contributed by atoms with Crippen molar-refractivity contribution < 1.29 is 34.2 Å². The Morgan fingerprint density at radius 1 is 0.771 bits per heavy atom. The quantitative estimate of drug-likeness (QED) is 0.0508. The number of aliphatic carboxylic acids is 2. The minimum atomic E-state index is -1.37. The number of rotatable bonds is 17. The molecule has 15 N–H and O–H groups in total. The highest BCUT2D eigenvalue weighted by Gasteiger charge is 2.26. The molecular formula is C18H34N10O7. The molecule has 17 nitrogen and oxygen atoms in total. The van der Waals surface area contributed by atoms with Crippen molar-refractivity contribution in [2.24, 2.45) is 38.7 Å². The number of amides is 3. The van der Waals surface area contributed by atoms with Crippen LogP contribution < -0.4 is 44.6 Å². The lowest BCUT2D eigenvalue weighted by molar-refractivity contribution is -0.142. The number of aliphatic imine (C=N–C) groups is 2. The molecule has 198 valence electrons. The van der Waals surface area contributed by atoms with Gasteiger partial charge in [0.1, 0.15) is 12.1 Å². The van der Waals surface area contributed by atoms with Crippen molar-refractivity contribution in [2.75, 3.05) is 19.6 Å². The molecule has 3 unspecified atom stereocenters. The average Bonchev–Trinajstić information content (AvgIpc) is 2.74. The number of guanidine groups is 2. The fourth-order valence-corrected chi connectivity index (χ4v) is 2.63. The van der Waals surface area contributed by atoms with E-state index in [1.807, 2.05) is 0 Å². The first-order valence-corrected chi connectivity index (χ1v) is 10.5. The van der Waals surface area contributed by atoms with E-state index in [0.29, 0.717) is 0 Å². The lowest BCUT2D eigenvalue weighted by Crippen LogP contribution is -2.53. The van der Waals surface area contributed by atoms with Gasteiger partial charge in [0.05, 0.1) is 19.0 Å². The lowest BCUT2D eigenvalue weighted by Gasteiger charge is -2.21. The van der Waals surface area contributed by atoms with Crippen molar-refractivity contribution in [3.8, 4) is 0 Å². The monoisotopic (exact) mass is 502 g/mol. The summed E-state index contributed by atoms with van der Waals surface area (Å²) in [4.78, 5) is 66.4. The first-order chi connectivity index (χ1) is 16.3. The summed E-state index contributed by atoms with van der Waals surface area (Å²) in [5, 5.41) is 24.9. The molecule has 0 saturated carbocycles. The van der Waals surface area contributed by atoms with Gasteiger partial charge in [-0.2, -0.15) is 0 Å². The Morgan fingerprint density at radius 2 is 1.29 bits per heavy atom. The predicted octanol–water partition coefficient (Wildman–Crippen LogP) is -4.93. The summed E-state index contributed by atoms with van der Waals surface area (Å²) in [6.07, 6.45) is -0.0537. The molecule has 0 radical (unpaired) electrons. The van der Waals surface area contributed by atoms with Crippen molar-refractivity contribution in [1.29, 1.82) is 0 Å². The number of nitrogens with zero attached hydrogens (tertiary/aromatic N) is 2. The summed E-state index contributed by atoms with van der Waals surface area (Å²) >= 11 is 0. The molecule has 0 aromatic carbocycles. The molecule has 0 aromatic heterocycles. The van der Waals surface area contributed by atoms with E-state index in [1.165, 1.54) is 0 Å². The maximum Gasteiger partial charge on any atom is 0.326 e. The zero-order valence-electron chi connectivity index (χ0n) is 19.1. The molecule has 0 bridgehead atoms. The highest BCUT2D eigenvalue weighted by Crippen LogP contribution is 2.03. The molecule has 17 heteroatoms. The third-order valence-corrected chi connectivity index (χ3v) is 4.31. The smallest absolute Gasteiger partial charge is 0.326 e. The predicted molar refractivity (Wildman–Crippen MR) is 125 cm³/mol. The van der Waals surface area contributed by atoms with Crippen LogP contribution in [0.1, 0.15) is 32.1 Å². The SMILES string of the molecule is NC(N)=NCCCC(NC(=O)C(CCCN=C(N)N)NC(=O)CNC(=O)C(N)CC(=O)O)C(=O)O. The van der Waals surface area contributed by atoms with Crippen LogP contribution in [-0.2, 0) is 24.0 Å². The summed E-state index contributed by atoms with van der Waals surface area (Å²) < 4.78 is 0. The van der Waals surface area contributed by atoms with Gasteiger partial charge in [-0.3, -0.25) is 29.2 Å². The molecule has 0 aliphatic heterocycles. The van der Waals surface area contributed by atoms with Crippen molar-refractivity contribution in [2.45, 2.75) is 50.2 Å². The number of carboxylic acid groups (broad SMARTS) is 2. The number of carboxylic acids is 2. The highest BCUT2D eigenvalue weighted by molar-refractivity contribution is 5.93. The first kappa shape index (κ1) is 30.9. The topological polar surface area (TPSA) is 317 Å². The first-order valence-electron chi connectivity index (χ1n) is 10.5. The molecule has 0 heterocycles. The largest absolute Gasteiger partial charge is 0.481 e. The summed E-state index contributed by atoms with van der Waals surface area (Å²) in [6.45, 7) is -0.293. The Labute approximate surface area is 200 Å². The van der Waals surface area contributed by atoms with Gasteiger partial charge in [0, 0.05) is 13.1 Å². The average molecular weight is 503 g/mol. The molecule has 3 atom stereocenters. The van der Waals surface area contributed by atoms with Gasteiger partial charge in [-0.25, -0.2) is 4.79 Å². The fraction of sp³-hybridized carbons (Fsp3) is 0.611. The second kappa shape index (κ2) is 16.5. The maximum absolute atomic E-state index is 12.7. The lowest BCUT2D eigenvalue weighted by atomic mass is 10.1. The third-order valence-electron chi connectivity index (χ3n) is 4.31. The minimum absolute atomic E-state index is 0.0179. The number of nitrogens with one attached hydrogen (secondary N) is 3. The summed E-state index contributed by atoms with van der Waals surface area (Å²) in [6, 6.07) is -3.82. The van der Waals surface area contributed by atoms with Crippen LogP contribution in [0.2, 0.25) is 0 Å². The van der Waals surface area contributed by atoms with Crippen LogP contribution >= 0.6 is 0 Å². The van der Waals surface area contributed by atoms with Gasteiger partial charge in [-0.15, -0.1) is 0 Å². The number of carbonyl (C=O) groups excluding carboxylic acids is 3. The molecule has 35 heavy (non-hydrogen) atoms. The normalized spacial score (nSPS) is 12.8. The maximum atomic E-state index is 12.7. The molecule has 3 amide bonds. The Bertz CT molecular complexity index is 809. The molecule has 0 fully saturated rings. The van der Waals surface area contributed by atoms with E-state index in [2.05, 4.69) is 25.9 Å².